The van der Waals surface area contributed by atoms with Gasteiger partial charge in [-0.15, -0.1) is 11.3 Å². The van der Waals surface area contributed by atoms with Crippen LogP contribution in [-0.2, 0) is 22.4 Å². The molecule has 22 heavy (non-hydrogen) atoms. The van der Waals surface area contributed by atoms with E-state index in [0.29, 0.717) is 17.6 Å². The molecule has 118 valence electrons. The fourth-order valence-corrected chi connectivity index (χ4v) is 4.79. The SMILES string of the molecule is CCOC(=O)C(C)Sc1nc(N)c2c3c(sc2n1)CCCC3. The summed E-state index contributed by atoms with van der Waals surface area (Å²) in [7, 11) is 0. The quantitative estimate of drug-likeness (QED) is 0.524. The Labute approximate surface area is 137 Å². The van der Waals surface area contributed by atoms with E-state index in [9.17, 15) is 4.79 Å². The Kier molecular flexibility index (Phi) is 4.54. The van der Waals surface area contributed by atoms with Crippen LogP contribution in [0.1, 0.15) is 37.1 Å². The number of aryl methyl sites for hydroxylation is 2. The van der Waals surface area contributed by atoms with Crippen LogP contribution in [0.5, 0.6) is 0 Å². The summed E-state index contributed by atoms with van der Waals surface area (Å²) in [5.74, 6) is 0.281. The lowest BCUT2D eigenvalue weighted by molar-refractivity contribution is -0.142. The molecular formula is C15H19N3O2S2. The first-order chi connectivity index (χ1) is 10.6. The summed E-state index contributed by atoms with van der Waals surface area (Å²) < 4.78 is 5.02. The Morgan fingerprint density at radius 3 is 2.95 bits per heavy atom. The van der Waals surface area contributed by atoms with E-state index in [2.05, 4.69) is 9.97 Å². The van der Waals surface area contributed by atoms with Crippen LogP contribution in [0.25, 0.3) is 10.2 Å². The van der Waals surface area contributed by atoms with Gasteiger partial charge in [0.05, 0.1) is 12.0 Å². The van der Waals surface area contributed by atoms with E-state index in [1.54, 1.807) is 25.2 Å². The van der Waals surface area contributed by atoms with Gasteiger partial charge in [0.25, 0.3) is 0 Å². The van der Waals surface area contributed by atoms with Gasteiger partial charge in [0.2, 0.25) is 0 Å². The van der Waals surface area contributed by atoms with E-state index < -0.39 is 0 Å². The average Bonchev–Trinajstić information content (AvgIpc) is 2.85. The number of esters is 1. The minimum absolute atomic E-state index is 0.250. The zero-order valence-corrected chi connectivity index (χ0v) is 14.4. The first-order valence-corrected chi connectivity index (χ1v) is 9.20. The third kappa shape index (κ3) is 2.92. The highest BCUT2D eigenvalue weighted by Gasteiger charge is 2.22. The van der Waals surface area contributed by atoms with Crippen LogP contribution >= 0.6 is 23.1 Å². The number of thiophene rings is 1. The first-order valence-electron chi connectivity index (χ1n) is 7.51. The predicted octanol–water partition coefficient (Wildman–Crippen LogP) is 3.20. The second-order valence-electron chi connectivity index (χ2n) is 5.29. The van der Waals surface area contributed by atoms with Crippen molar-refractivity contribution in [1.82, 2.24) is 9.97 Å². The van der Waals surface area contributed by atoms with Gasteiger partial charge < -0.3 is 10.5 Å². The number of anilines is 1. The lowest BCUT2D eigenvalue weighted by Crippen LogP contribution is -2.17. The second-order valence-corrected chi connectivity index (χ2v) is 7.69. The van der Waals surface area contributed by atoms with E-state index in [1.165, 1.54) is 35.0 Å². The highest BCUT2D eigenvalue weighted by Crippen LogP contribution is 2.38. The number of hydrogen-bond acceptors (Lipinski definition) is 7. The maximum absolute atomic E-state index is 11.7. The summed E-state index contributed by atoms with van der Waals surface area (Å²) in [5.41, 5.74) is 7.49. The van der Waals surface area contributed by atoms with Gasteiger partial charge in [-0.1, -0.05) is 11.8 Å². The molecule has 3 rings (SSSR count). The third-order valence-corrected chi connectivity index (χ3v) is 5.85. The van der Waals surface area contributed by atoms with Crippen molar-refractivity contribution < 1.29 is 9.53 Å². The molecule has 2 aromatic heterocycles. The molecule has 2 N–H and O–H groups in total. The molecule has 0 bridgehead atoms. The Morgan fingerprint density at radius 2 is 2.18 bits per heavy atom. The fraction of sp³-hybridized carbons (Fsp3) is 0.533. The van der Waals surface area contributed by atoms with Crippen molar-refractivity contribution in [3.63, 3.8) is 0 Å². The highest BCUT2D eigenvalue weighted by molar-refractivity contribution is 8.00. The van der Waals surface area contributed by atoms with Gasteiger partial charge >= 0.3 is 5.97 Å². The molecule has 0 amide bonds. The van der Waals surface area contributed by atoms with Crippen molar-refractivity contribution in [2.45, 2.75) is 49.9 Å². The molecule has 0 saturated carbocycles. The van der Waals surface area contributed by atoms with Crippen LogP contribution in [0.4, 0.5) is 5.82 Å². The maximum Gasteiger partial charge on any atom is 0.319 e. The van der Waals surface area contributed by atoms with Crippen LogP contribution in [0, 0.1) is 0 Å². The van der Waals surface area contributed by atoms with E-state index >= 15 is 0 Å². The van der Waals surface area contributed by atoms with Crippen LogP contribution in [0.2, 0.25) is 0 Å². The maximum atomic E-state index is 11.7. The van der Waals surface area contributed by atoms with Crippen molar-refractivity contribution in [3.8, 4) is 0 Å². The van der Waals surface area contributed by atoms with Gasteiger partial charge in [-0.3, -0.25) is 4.79 Å². The smallest absolute Gasteiger partial charge is 0.319 e. The predicted molar refractivity (Wildman–Crippen MR) is 90.4 cm³/mol. The number of nitrogen functional groups attached to an aromatic ring is 1. The zero-order valence-electron chi connectivity index (χ0n) is 12.7. The Morgan fingerprint density at radius 1 is 1.41 bits per heavy atom. The van der Waals surface area contributed by atoms with Crippen LogP contribution in [-0.4, -0.2) is 27.8 Å². The van der Waals surface area contributed by atoms with Gasteiger partial charge in [0, 0.05) is 4.88 Å². The molecule has 2 heterocycles. The fourth-order valence-electron chi connectivity index (χ4n) is 2.68. The molecule has 0 spiro atoms. The molecule has 0 aromatic carbocycles. The van der Waals surface area contributed by atoms with Crippen molar-refractivity contribution in [2.24, 2.45) is 0 Å². The number of hydrogen-bond donors (Lipinski definition) is 1. The number of thioether (sulfide) groups is 1. The molecule has 1 aliphatic rings. The molecule has 5 nitrogen and oxygen atoms in total. The number of rotatable bonds is 4. The number of nitrogens with two attached hydrogens (primary N) is 1. The van der Waals surface area contributed by atoms with E-state index in [1.807, 2.05) is 0 Å². The molecule has 0 saturated heterocycles. The number of nitrogens with zero attached hydrogens (tertiary/aromatic N) is 2. The standard InChI is InChI=1S/C15H19N3O2S2/c1-3-20-14(19)8(2)21-15-17-12(16)11-9-6-4-5-7-10(9)22-13(11)18-15/h8H,3-7H2,1-2H3,(H2,16,17,18). The number of ether oxygens (including phenoxy) is 1. The number of carbonyl (C=O) groups is 1. The molecule has 0 aliphatic heterocycles. The normalized spacial score (nSPS) is 15.5. The van der Waals surface area contributed by atoms with Crippen molar-refractivity contribution in [2.75, 3.05) is 12.3 Å². The largest absolute Gasteiger partial charge is 0.465 e. The average molecular weight is 337 g/mol. The summed E-state index contributed by atoms with van der Waals surface area (Å²) in [6.07, 6.45) is 4.61. The van der Waals surface area contributed by atoms with Crippen molar-refractivity contribution in [3.05, 3.63) is 10.4 Å². The number of aromatic nitrogens is 2. The summed E-state index contributed by atoms with van der Waals surface area (Å²) in [6, 6.07) is 0. The van der Waals surface area contributed by atoms with Crippen molar-refractivity contribution >= 4 is 45.1 Å². The van der Waals surface area contributed by atoms with Gasteiger partial charge in [0.15, 0.2) is 5.16 Å². The topological polar surface area (TPSA) is 78.1 Å². The Bertz CT molecular complexity index is 714. The van der Waals surface area contributed by atoms with E-state index in [-0.39, 0.29) is 11.2 Å². The van der Waals surface area contributed by atoms with Gasteiger partial charge in [-0.2, -0.15) is 0 Å². The van der Waals surface area contributed by atoms with Gasteiger partial charge in [0.1, 0.15) is 15.9 Å². The summed E-state index contributed by atoms with van der Waals surface area (Å²) >= 11 is 3.01. The summed E-state index contributed by atoms with van der Waals surface area (Å²) in [6.45, 7) is 3.97. The Hall–Kier alpha value is -1.34. The lowest BCUT2D eigenvalue weighted by atomic mass is 9.97. The molecule has 7 heteroatoms. The van der Waals surface area contributed by atoms with E-state index in [4.69, 9.17) is 10.5 Å². The molecule has 1 atom stereocenters. The summed E-state index contributed by atoms with van der Waals surface area (Å²) in [5, 5.41) is 1.23. The van der Waals surface area contributed by atoms with Gasteiger partial charge in [-0.05, 0) is 45.1 Å². The van der Waals surface area contributed by atoms with E-state index in [0.717, 1.165) is 23.1 Å². The minimum Gasteiger partial charge on any atom is -0.465 e. The minimum atomic E-state index is -0.341. The van der Waals surface area contributed by atoms with Crippen molar-refractivity contribution in [1.29, 1.82) is 0 Å². The van der Waals surface area contributed by atoms with Gasteiger partial charge in [-0.25, -0.2) is 9.97 Å². The molecule has 1 aliphatic carbocycles. The number of carbonyl (C=O) groups excluding carboxylic acids is 1. The molecule has 0 fully saturated rings. The lowest BCUT2D eigenvalue weighted by Gasteiger charge is -2.11. The molecular weight excluding hydrogens is 318 g/mol. The monoisotopic (exact) mass is 337 g/mol. The highest BCUT2D eigenvalue weighted by atomic mass is 32.2. The van der Waals surface area contributed by atoms with Crippen LogP contribution in [0.15, 0.2) is 5.16 Å². The third-order valence-electron chi connectivity index (χ3n) is 3.72. The number of fused-ring (bicyclic) bond motifs is 3. The molecule has 0 radical (unpaired) electrons. The first kappa shape index (κ1) is 15.6. The van der Waals surface area contributed by atoms with Crippen LogP contribution in [0.3, 0.4) is 0 Å². The second kappa shape index (κ2) is 6.42. The summed E-state index contributed by atoms with van der Waals surface area (Å²) in [4.78, 5) is 23.1. The molecule has 2 aromatic rings. The Balaban J connectivity index is 1.91. The molecule has 1 unspecified atom stereocenters. The van der Waals surface area contributed by atoms with Crippen LogP contribution < -0.4 is 5.73 Å². The zero-order chi connectivity index (χ0) is 15.7.